The second-order valence-electron chi connectivity index (χ2n) is 6.02. The van der Waals surface area contributed by atoms with Gasteiger partial charge in [-0.05, 0) is 52.6 Å². The standard InChI is InChI=1S/C18H21NOS/c1-3-12-11-21-18-9-17-15-5-4-14(20-2)8-13(15)6-7-19(17)10-16(12)18/h4-5,8,11,17H,3,6-7,9-10H2,1-2H3. The summed E-state index contributed by atoms with van der Waals surface area (Å²) in [5.41, 5.74) is 6.18. The Morgan fingerprint density at radius 1 is 1.38 bits per heavy atom. The van der Waals surface area contributed by atoms with Gasteiger partial charge in [-0.25, -0.2) is 0 Å². The zero-order chi connectivity index (χ0) is 14.4. The number of aryl methyl sites for hydroxylation is 1. The summed E-state index contributed by atoms with van der Waals surface area (Å²) in [6.07, 6.45) is 3.49. The summed E-state index contributed by atoms with van der Waals surface area (Å²) in [7, 11) is 1.75. The minimum Gasteiger partial charge on any atom is -0.497 e. The van der Waals surface area contributed by atoms with Crippen LogP contribution in [0, 0.1) is 0 Å². The van der Waals surface area contributed by atoms with E-state index in [0.29, 0.717) is 6.04 Å². The van der Waals surface area contributed by atoms with Gasteiger partial charge in [-0.3, -0.25) is 4.90 Å². The summed E-state index contributed by atoms with van der Waals surface area (Å²) in [6, 6.07) is 7.19. The first-order valence-corrected chi connectivity index (χ1v) is 8.67. The predicted molar refractivity (Wildman–Crippen MR) is 87.3 cm³/mol. The summed E-state index contributed by atoms with van der Waals surface area (Å²) in [4.78, 5) is 4.28. The summed E-state index contributed by atoms with van der Waals surface area (Å²) in [5, 5.41) is 2.37. The van der Waals surface area contributed by atoms with Crippen molar-refractivity contribution < 1.29 is 4.74 Å². The van der Waals surface area contributed by atoms with Crippen LogP contribution in [-0.4, -0.2) is 18.6 Å². The molecular formula is C18H21NOS. The van der Waals surface area contributed by atoms with E-state index in [9.17, 15) is 0 Å². The molecule has 2 aromatic rings. The highest BCUT2D eigenvalue weighted by molar-refractivity contribution is 7.10. The Balaban J connectivity index is 1.72. The molecule has 2 nitrogen and oxygen atoms in total. The van der Waals surface area contributed by atoms with E-state index in [1.807, 2.05) is 11.3 Å². The molecule has 0 aliphatic carbocycles. The lowest BCUT2D eigenvalue weighted by atomic mass is 9.86. The van der Waals surface area contributed by atoms with Gasteiger partial charge >= 0.3 is 0 Å². The molecule has 0 bridgehead atoms. The monoisotopic (exact) mass is 299 g/mol. The van der Waals surface area contributed by atoms with Gasteiger partial charge in [-0.2, -0.15) is 0 Å². The number of ether oxygens (including phenoxy) is 1. The van der Waals surface area contributed by atoms with E-state index >= 15 is 0 Å². The Kier molecular flexibility index (Phi) is 3.27. The minimum absolute atomic E-state index is 0.565. The van der Waals surface area contributed by atoms with E-state index < -0.39 is 0 Å². The van der Waals surface area contributed by atoms with Gasteiger partial charge < -0.3 is 4.74 Å². The fourth-order valence-corrected chi connectivity index (χ4v) is 4.98. The third-order valence-electron chi connectivity index (χ3n) is 5.01. The number of benzene rings is 1. The van der Waals surface area contributed by atoms with Crippen molar-refractivity contribution in [1.82, 2.24) is 4.90 Å². The van der Waals surface area contributed by atoms with Gasteiger partial charge in [0.25, 0.3) is 0 Å². The Hall–Kier alpha value is -1.32. The molecule has 1 atom stereocenters. The van der Waals surface area contributed by atoms with Crippen LogP contribution in [0.3, 0.4) is 0 Å². The highest BCUT2D eigenvalue weighted by Gasteiger charge is 2.33. The van der Waals surface area contributed by atoms with E-state index in [2.05, 4.69) is 35.4 Å². The van der Waals surface area contributed by atoms with E-state index in [1.54, 1.807) is 23.1 Å². The summed E-state index contributed by atoms with van der Waals surface area (Å²) in [5.74, 6) is 0.989. The lowest BCUT2D eigenvalue weighted by Crippen LogP contribution is -2.39. The summed E-state index contributed by atoms with van der Waals surface area (Å²) < 4.78 is 5.38. The van der Waals surface area contributed by atoms with Gasteiger partial charge in [0.2, 0.25) is 0 Å². The molecule has 0 amide bonds. The maximum absolute atomic E-state index is 5.38. The van der Waals surface area contributed by atoms with Gasteiger partial charge in [0.15, 0.2) is 0 Å². The van der Waals surface area contributed by atoms with Crippen molar-refractivity contribution in [3.8, 4) is 5.75 Å². The van der Waals surface area contributed by atoms with Gasteiger partial charge in [-0.15, -0.1) is 11.3 Å². The Labute approximate surface area is 130 Å². The third kappa shape index (κ3) is 2.11. The largest absolute Gasteiger partial charge is 0.497 e. The molecule has 1 aromatic carbocycles. The fraction of sp³-hybridized carbons (Fsp3) is 0.444. The Morgan fingerprint density at radius 2 is 2.29 bits per heavy atom. The number of hydrogen-bond donors (Lipinski definition) is 0. The molecular weight excluding hydrogens is 278 g/mol. The lowest BCUT2D eigenvalue weighted by molar-refractivity contribution is 0.162. The van der Waals surface area contributed by atoms with Crippen LogP contribution in [0.5, 0.6) is 5.75 Å². The first kappa shape index (κ1) is 13.4. The molecule has 0 spiro atoms. The van der Waals surface area contributed by atoms with Crippen molar-refractivity contribution in [3.05, 3.63) is 50.7 Å². The van der Waals surface area contributed by atoms with Crippen molar-refractivity contribution >= 4 is 11.3 Å². The maximum Gasteiger partial charge on any atom is 0.119 e. The molecule has 1 unspecified atom stereocenters. The molecule has 2 aliphatic heterocycles. The molecule has 3 heterocycles. The fourth-order valence-electron chi connectivity index (χ4n) is 3.80. The number of nitrogens with zero attached hydrogens (tertiary/aromatic N) is 1. The van der Waals surface area contributed by atoms with Crippen LogP contribution in [0.4, 0.5) is 0 Å². The van der Waals surface area contributed by atoms with Gasteiger partial charge in [-0.1, -0.05) is 13.0 Å². The van der Waals surface area contributed by atoms with Crippen LogP contribution in [0.2, 0.25) is 0 Å². The molecule has 0 saturated heterocycles. The van der Waals surface area contributed by atoms with Crippen molar-refractivity contribution in [2.24, 2.45) is 0 Å². The molecule has 3 heteroatoms. The van der Waals surface area contributed by atoms with Gasteiger partial charge in [0, 0.05) is 30.4 Å². The average Bonchev–Trinajstić information content (AvgIpc) is 2.94. The molecule has 0 saturated carbocycles. The Morgan fingerprint density at radius 3 is 3.10 bits per heavy atom. The van der Waals surface area contributed by atoms with Crippen LogP contribution < -0.4 is 4.74 Å². The SMILES string of the molecule is CCc1csc2c1CN1CCc3cc(OC)ccc3C1C2. The molecule has 110 valence electrons. The van der Waals surface area contributed by atoms with Crippen LogP contribution in [0.15, 0.2) is 23.6 Å². The average molecular weight is 299 g/mol. The van der Waals surface area contributed by atoms with Crippen molar-refractivity contribution in [3.63, 3.8) is 0 Å². The van der Waals surface area contributed by atoms with Crippen LogP contribution in [0.1, 0.15) is 40.1 Å². The topological polar surface area (TPSA) is 12.5 Å². The predicted octanol–water partition coefficient (Wildman–Crippen LogP) is 3.97. The zero-order valence-corrected chi connectivity index (χ0v) is 13.5. The minimum atomic E-state index is 0.565. The summed E-state index contributed by atoms with van der Waals surface area (Å²) in [6.45, 7) is 4.58. The quantitative estimate of drug-likeness (QED) is 0.832. The van der Waals surface area contributed by atoms with Crippen LogP contribution in [-0.2, 0) is 25.8 Å². The third-order valence-corrected chi connectivity index (χ3v) is 6.11. The molecule has 0 fully saturated rings. The first-order valence-electron chi connectivity index (χ1n) is 7.79. The highest BCUT2D eigenvalue weighted by atomic mass is 32.1. The normalized spacial score (nSPS) is 20.6. The van der Waals surface area contributed by atoms with Crippen LogP contribution >= 0.6 is 11.3 Å². The van der Waals surface area contributed by atoms with E-state index in [-0.39, 0.29) is 0 Å². The number of hydrogen-bond acceptors (Lipinski definition) is 3. The van der Waals surface area contributed by atoms with Crippen molar-refractivity contribution in [2.45, 2.75) is 38.8 Å². The summed E-state index contributed by atoms with van der Waals surface area (Å²) >= 11 is 1.96. The molecule has 0 radical (unpaired) electrons. The lowest BCUT2D eigenvalue weighted by Gasteiger charge is -2.40. The number of fused-ring (bicyclic) bond motifs is 4. The zero-order valence-electron chi connectivity index (χ0n) is 12.7. The molecule has 2 aliphatic rings. The molecule has 0 N–H and O–H groups in total. The molecule has 1 aromatic heterocycles. The Bertz CT molecular complexity index is 676. The second-order valence-corrected chi connectivity index (χ2v) is 6.99. The van der Waals surface area contributed by atoms with Crippen molar-refractivity contribution in [1.29, 1.82) is 0 Å². The number of thiophene rings is 1. The number of methoxy groups -OCH3 is 1. The van der Waals surface area contributed by atoms with Crippen LogP contribution in [0.25, 0.3) is 0 Å². The van der Waals surface area contributed by atoms with Gasteiger partial charge in [0.1, 0.15) is 5.75 Å². The van der Waals surface area contributed by atoms with E-state index in [1.165, 1.54) is 24.1 Å². The second kappa shape index (κ2) is 5.15. The van der Waals surface area contributed by atoms with E-state index in [4.69, 9.17) is 4.74 Å². The first-order chi connectivity index (χ1) is 10.3. The van der Waals surface area contributed by atoms with Crippen molar-refractivity contribution in [2.75, 3.05) is 13.7 Å². The maximum atomic E-state index is 5.38. The van der Waals surface area contributed by atoms with E-state index in [0.717, 1.165) is 25.1 Å². The smallest absolute Gasteiger partial charge is 0.119 e. The highest BCUT2D eigenvalue weighted by Crippen LogP contribution is 2.41. The molecule has 4 rings (SSSR count). The molecule has 21 heavy (non-hydrogen) atoms. The number of rotatable bonds is 2. The van der Waals surface area contributed by atoms with Gasteiger partial charge in [0.05, 0.1) is 7.11 Å².